The molecule has 0 aliphatic carbocycles. The van der Waals surface area contributed by atoms with Gasteiger partial charge in [0.05, 0.1) is 6.26 Å². The van der Waals surface area contributed by atoms with Gasteiger partial charge in [0.25, 0.3) is 5.91 Å². The standard InChI is InChI=1S/C21H27ClN4O2/c1-21(2,16-6-8-17(22)9-7-16)15-24-20(23-3)26-12-10-25(11-13-26)19(27)18-5-4-14-28-18/h4-9,14H,10-13,15H2,1-3H3,(H,23,24). The maximum absolute atomic E-state index is 12.4. The van der Waals surface area contributed by atoms with Crippen molar-refractivity contribution in [1.29, 1.82) is 0 Å². The van der Waals surface area contributed by atoms with Crippen LogP contribution in [0.1, 0.15) is 30.0 Å². The summed E-state index contributed by atoms with van der Waals surface area (Å²) in [7, 11) is 1.79. The first-order valence-corrected chi connectivity index (χ1v) is 9.83. The molecule has 7 heteroatoms. The summed E-state index contributed by atoms with van der Waals surface area (Å²) < 4.78 is 5.22. The normalized spacial score (nSPS) is 15.6. The lowest BCUT2D eigenvalue weighted by Crippen LogP contribution is -2.54. The minimum Gasteiger partial charge on any atom is -0.459 e. The molecule has 0 bridgehead atoms. The first-order chi connectivity index (χ1) is 13.4. The zero-order chi connectivity index (χ0) is 20.1. The molecular weight excluding hydrogens is 376 g/mol. The van der Waals surface area contributed by atoms with E-state index >= 15 is 0 Å². The summed E-state index contributed by atoms with van der Waals surface area (Å²) in [6.45, 7) is 7.86. The van der Waals surface area contributed by atoms with Gasteiger partial charge in [-0.15, -0.1) is 0 Å². The SMILES string of the molecule is CN=C(NCC(C)(C)c1ccc(Cl)cc1)N1CCN(C(=O)c2ccco2)CC1. The Hall–Kier alpha value is -2.47. The van der Waals surface area contributed by atoms with Crippen molar-refractivity contribution in [3.05, 3.63) is 59.0 Å². The molecule has 3 rings (SSSR count). The molecule has 6 nitrogen and oxygen atoms in total. The minimum absolute atomic E-state index is 0.0588. The van der Waals surface area contributed by atoms with Gasteiger partial charge < -0.3 is 19.5 Å². The molecule has 0 saturated carbocycles. The van der Waals surface area contributed by atoms with Crippen LogP contribution in [0.25, 0.3) is 0 Å². The summed E-state index contributed by atoms with van der Waals surface area (Å²) in [4.78, 5) is 20.8. The number of nitrogens with zero attached hydrogens (tertiary/aromatic N) is 3. The molecule has 0 radical (unpaired) electrons. The van der Waals surface area contributed by atoms with E-state index in [0.29, 0.717) is 18.8 Å². The first kappa shape index (κ1) is 20.3. The fraction of sp³-hybridized carbons (Fsp3) is 0.429. The van der Waals surface area contributed by atoms with Gasteiger partial charge in [-0.3, -0.25) is 9.79 Å². The molecule has 1 saturated heterocycles. The van der Waals surface area contributed by atoms with E-state index in [1.807, 2.05) is 17.0 Å². The fourth-order valence-corrected chi connectivity index (χ4v) is 3.44. The number of carbonyl (C=O) groups excluding carboxylic acids is 1. The summed E-state index contributed by atoms with van der Waals surface area (Å²) in [5.74, 6) is 1.18. The van der Waals surface area contributed by atoms with Crippen molar-refractivity contribution < 1.29 is 9.21 Å². The second kappa shape index (κ2) is 8.69. The summed E-state index contributed by atoms with van der Waals surface area (Å²) >= 11 is 6.00. The first-order valence-electron chi connectivity index (χ1n) is 9.45. The molecule has 0 spiro atoms. The Labute approximate surface area is 171 Å². The third-order valence-electron chi connectivity index (χ3n) is 5.12. The Kier molecular flexibility index (Phi) is 6.29. The number of carbonyl (C=O) groups is 1. The smallest absolute Gasteiger partial charge is 0.289 e. The van der Waals surface area contributed by atoms with E-state index in [4.69, 9.17) is 16.0 Å². The molecule has 0 unspecified atom stereocenters. The van der Waals surface area contributed by atoms with Gasteiger partial charge in [0.15, 0.2) is 11.7 Å². The van der Waals surface area contributed by atoms with Crippen molar-refractivity contribution in [2.75, 3.05) is 39.8 Å². The molecule has 1 aliphatic rings. The number of furan rings is 1. The average molecular weight is 403 g/mol. The molecule has 0 atom stereocenters. The van der Waals surface area contributed by atoms with Gasteiger partial charge in [0.2, 0.25) is 0 Å². The van der Waals surface area contributed by atoms with Crippen LogP contribution in [0.5, 0.6) is 0 Å². The number of hydrogen-bond donors (Lipinski definition) is 1. The van der Waals surface area contributed by atoms with E-state index in [1.165, 1.54) is 11.8 Å². The molecule has 1 aromatic carbocycles. The van der Waals surface area contributed by atoms with Crippen LogP contribution in [0.15, 0.2) is 52.1 Å². The second-order valence-corrected chi connectivity index (χ2v) is 7.98. The third-order valence-corrected chi connectivity index (χ3v) is 5.38. The Morgan fingerprint density at radius 2 is 1.79 bits per heavy atom. The molecule has 150 valence electrons. The fourth-order valence-electron chi connectivity index (χ4n) is 3.31. The van der Waals surface area contributed by atoms with Gasteiger partial charge in [-0.25, -0.2) is 0 Å². The monoisotopic (exact) mass is 402 g/mol. The molecule has 1 aromatic heterocycles. The Morgan fingerprint density at radius 1 is 1.14 bits per heavy atom. The van der Waals surface area contributed by atoms with Gasteiger partial charge in [-0.2, -0.15) is 0 Å². The van der Waals surface area contributed by atoms with Gasteiger partial charge in [-0.05, 0) is 29.8 Å². The van der Waals surface area contributed by atoms with Crippen LogP contribution in [0.3, 0.4) is 0 Å². The van der Waals surface area contributed by atoms with Gasteiger partial charge >= 0.3 is 0 Å². The zero-order valence-corrected chi connectivity index (χ0v) is 17.4. The number of piperazine rings is 1. The minimum atomic E-state index is -0.0718. The van der Waals surface area contributed by atoms with Crippen LogP contribution < -0.4 is 5.32 Å². The third kappa shape index (κ3) is 4.68. The lowest BCUT2D eigenvalue weighted by Gasteiger charge is -2.37. The van der Waals surface area contributed by atoms with Crippen LogP contribution in [0.2, 0.25) is 5.02 Å². The molecule has 2 heterocycles. The summed E-state index contributed by atoms with van der Waals surface area (Å²) in [5, 5.41) is 4.23. The number of amides is 1. The highest BCUT2D eigenvalue weighted by atomic mass is 35.5. The quantitative estimate of drug-likeness (QED) is 0.630. The molecular formula is C21H27ClN4O2. The van der Waals surface area contributed by atoms with E-state index in [-0.39, 0.29) is 11.3 Å². The van der Waals surface area contributed by atoms with Crippen molar-refractivity contribution in [2.45, 2.75) is 19.3 Å². The second-order valence-electron chi connectivity index (χ2n) is 7.55. The van der Waals surface area contributed by atoms with Crippen LogP contribution in [0.4, 0.5) is 0 Å². The number of benzene rings is 1. The van der Waals surface area contributed by atoms with Crippen LogP contribution in [-0.2, 0) is 5.41 Å². The van der Waals surface area contributed by atoms with E-state index in [2.05, 4.69) is 41.2 Å². The summed E-state index contributed by atoms with van der Waals surface area (Å²) in [6, 6.07) is 11.4. The lowest BCUT2D eigenvalue weighted by atomic mass is 9.84. The number of guanidine groups is 1. The van der Waals surface area contributed by atoms with Crippen molar-refractivity contribution in [1.82, 2.24) is 15.1 Å². The number of halogens is 1. The van der Waals surface area contributed by atoms with Crippen molar-refractivity contribution in [3.63, 3.8) is 0 Å². The van der Waals surface area contributed by atoms with Gasteiger partial charge in [-0.1, -0.05) is 37.6 Å². The lowest BCUT2D eigenvalue weighted by molar-refractivity contribution is 0.0657. The zero-order valence-electron chi connectivity index (χ0n) is 16.6. The van der Waals surface area contributed by atoms with Gasteiger partial charge in [0.1, 0.15) is 0 Å². The predicted molar refractivity (Wildman–Crippen MR) is 112 cm³/mol. The number of rotatable bonds is 4. The highest BCUT2D eigenvalue weighted by Gasteiger charge is 2.26. The summed E-state index contributed by atoms with van der Waals surface area (Å²) in [5.41, 5.74) is 1.14. The molecule has 1 fully saturated rings. The Balaban J connectivity index is 1.55. The van der Waals surface area contributed by atoms with Crippen molar-refractivity contribution >= 4 is 23.5 Å². The van der Waals surface area contributed by atoms with E-state index in [9.17, 15) is 4.79 Å². The topological polar surface area (TPSA) is 61.1 Å². The van der Waals surface area contributed by atoms with E-state index in [0.717, 1.165) is 30.6 Å². The van der Waals surface area contributed by atoms with Crippen molar-refractivity contribution in [2.24, 2.45) is 4.99 Å². The van der Waals surface area contributed by atoms with E-state index < -0.39 is 0 Å². The largest absolute Gasteiger partial charge is 0.459 e. The molecule has 28 heavy (non-hydrogen) atoms. The maximum atomic E-state index is 12.4. The van der Waals surface area contributed by atoms with Crippen LogP contribution in [-0.4, -0.2) is 61.4 Å². The average Bonchev–Trinajstić information content (AvgIpc) is 3.23. The van der Waals surface area contributed by atoms with E-state index in [1.54, 1.807) is 19.2 Å². The molecule has 1 N–H and O–H groups in total. The van der Waals surface area contributed by atoms with Crippen molar-refractivity contribution in [3.8, 4) is 0 Å². The Bertz CT molecular complexity index is 807. The predicted octanol–water partition coefficient (Wildman–Crippen LogP) is 3.24. The van der Waals surface area contributed by atoms with Crippen LogP contribution in [0, 0.1) is 0 Å². The number of nitrogens with one attached hydrogen (secondary N) is 1. The maximum Gasteiger partial charge on any atom is 0.289 e. The van der Waals surface area contributed by atoms with Gasteiger partial charge in [0, 0.05) is 50.2 Å². The highest BCUT2D eigenvalue weighted by Crippen LogP contribution is 2.24. The summed E-state index contributed by atoms with van der Waals surface area (Å²) in [6.07, 6.45) is 1.53. The highest BCUT2D eigenvalue weighted by molar-refractivity contribution is 6.30. The Morgan fingerprint density at radius 3 is 2.36 bits per heavy atom. The molecule has 1 aliphatic heterocycles. The molecule has 1 amide bonds. The number of hydrogen-bond acceptors (Lipinski definition) is 3. The van der Waals surface area contributed by atoms with Crippen LogP contribution >= 0.6 is 11.6 Å². The number of aliphatic imine (C=N–C) groups is 1. The molecule has 2 aromatic rings.